The fourth-order valence-electron chi connectivity index (χ4n) is 1.65. The monoisotopic (exact) mass is 252 g/mol. The van der Waals surface area contributed by atoms with Crippen molar-refractivity contribution in [1.29, 1.82) is 0 Å². The zero-order chi connectivity index (χ0) is 13.4. The molecule has 0 aliphatic carbocycles. The van der Waals surface area contributed by atoms with Gasteiger partial charge in [0, 0.05) is 19.4 Å². The average molecular weight is 252 g/mol. The predicted molar refractivity (Wildman–Crippen MR) is 70.1 cm³/mol. The van der Waals surface area contributed by atoms with Crippen LogP contribution in [0.15, 0.2) is 24.3 Å². The number of rotatable bonds is 7. The first kappa shape index (κ1) is 14.5. The van der Waals surface area contributed by atoms with E-state index in [2.05, 4.69) is 5.32 Å². The summed E-state index contributed by atoms with van der Waals surface area (Å²) in [4.78, 5) is 11.8. The van der Waals surface area contributed by atoms with E-state index in [1.807, 2.05) is 12.1 Å². The number of nitrogens with one attached hydrogen (secondary N) is 1. The van der Waals surface area contributed by atoms with Gasteiger partial charge in [-0.1, -0.05) is 12.1 Å². The van der Waals surface area contributed by atoms with Gasteiger partial charge in [-0.3, -0.25) is 4.79 Å². The molecular formula is C13H20N2O3. The van der Waals surface area contributed by atoms with Gasteiger partial charge in [-0.05, 0) is 24.1 Å². The molecule has 0 aliphatic rings. The highest BCUT2D eigenvalue weighted by molar-refractivity contribution is 5.79. The number of ether oxygens (including phenoxy) is 1. The van der Waals surface area contributed by atoms with Crippen LogP contribution in [0.4, 0.5) is 5.69 Å². The van der Waals surface area contributed by atoms with Crippen molar-refractivity contribution in [3.63, 3.8) is 0 Å². The van der Waals surface area contributed by atoms with Crippen molar-refractivity contribution < 1.29 is 14.6 Å². The molecule has 0 aromatic heterocycles. The third kappa shape index (κ3) is 5.16. The Hall–Kier alpha value is -1.59. The normalized spacial score (nSPS) is 12.1. The lowest BCUT2D eigenvalue weighted by Crippen LogP contribution is -2.39. The van der Waals surface area contributed by atoms with Gasteiger partial charge in [-0.25, -0.2) is 0 Å². The second-order valence-electron chi connectivity index (χ2n) is 4.15. The van der Waals surface area contributed by atoms with Crippen molar-refractivity contribution in [2.45, 2.75) is 18.9 Å². The summed E-state index contributed by atoms with van der Waals surface area (Å²) in [6.45, 7) is 0.421. The minimum absolute atomic E-state index is 0.0240. The topological polar surface area (TPSA) is 84.6 Å². The summed E-state index contributed by atoms with van der Waals surface area (Å²) in [6, 6.07) is 7.03. The highest BCUT2D eigenvalue weighted by Gasteiger charge is 2.11. The second kappa shape index (κ2) is 7.68. The molecule has 5 nitrogen and oxygen atoms in total. The van der Waals surface area contributed by atoms with Crippen LogP contribution in [0.3, 0.4) is 0 Å². The number of amides is 1. The molecule has 0 fully saturated rings. The maximum atomic E-state index is 11.8. The Labute approximate surface area is 107 Å². The number of anilines is 1. The fraction of sp³-hybridized carbons (Fsp3) is 0.462. The molecule has 0 bridgehead atoms. The van der Waals surface area contributed by atoms with Gasteiger partial charge in [0.2, 0.25) is 5.91 Å². The summed E-state index contributed by atoms with van der Waals surface area (Å²) in [6.07, 6.45) is 0.785. The number of methoxy groups -OCH3 is 1. The summed E-state index contributed by atoms with van der Waals surface area (Å²) < 4.78 is 4.98. The summed E-state index contributed by atoms with van der Waals surface area (Å²) in [5, 5.41) is 11.7. The molecule has 18 heavy (non-hydrogen) atoms. The lowest BCUT2D eigenvalue weighted by molar-refractivity contribution is -0.121. The molecule has 1 rings (SSSR count). The van der Waals surface area contributed by atoms with Crippen LogP contribution in [0.2, 0.25) is 0 Å². The molecule has 1 aromatic carbocycles. The van der Waals surface area contributed by atoms with E-state index < -0.39 is 0 Å². The number of carbonyl (C=O) groups excluding carboxylic acids is 1. The maximum Gasteiger partial charge on any atom is 0.224 e. The van der Waals surface area contributed by atoms with Crippen LogP contribution in [-0.4, -0.2) is 37.4 Å². The van der Waals surface area contributed by atoms with Gasteiger partial charge in [-0.2, -0.15) is 0 Å². The van der Waals surface area contributed by atoms with Crippen molar-refractivity contribution in [1.82, 2.24) is 5.32 Å². The second-order valence-corrected chi connectivity index (χ2v) is 4.15. The van der Waals surface area contributed by atoms with Crippen LogP contribution < -0.4 is 11.1 Å². The molecule has 1 atom stereocenters. The number of carbonyl (C=O) groups is 1. The lowest BCUT2D eigenvalue weighted by Gasteiger charge is -2.16. The van der Waals surface area contributed by atoms with Crippen molar-refractivity contribution in [2.24, 2.45) is 0 Å². The summed E-state index contributed by atoms with van der Waals surface area (Å²) in [5.74, 6) is -0.0877. The first-order chi connectivity index (χ1) is 8.65. The van der Waals surface area contributed by atoms with Gasteiger partial charge < -0.3 is 20.9 Å². The zero-order valence-corrected chi connectivity index (χ0v) is 10.6. The third-order valence-electron chi connectivity index (χ3n) is 2.55. The average Bonchev–Trinajstić information content (AvgIpc) is 2.33. The quantitative estimate of drug-likeness (QED) is 0.610. The van der Waals surface area contributed by atoms with Crippen molar-refractivity contribution in [2.75, 3.05) is 26.1 Å². The Balaban J connectivity index is 2.46. The van der Waals surface area contributed by atoms with Crippen LogP contribution in [0.5, 0.6) is 0 Å². The Morgan fingerprint density at radius 2 is 2.11 bits per heavy atom. The smallest absolute Gasteiger partial charge is 0.224 e. The highest BCUT2D eigenvalue weighted by Crippen LogP contribution is 2.06. The summed E-state index contributed by atoms with van der Waals surface area (Å²) in [5.41, 5.74) is 7.15. The third-order valence-corrected chi connectivity index (χ3v) is 2.55. The van der Waals surface area contributed by atoms with Crippen molar-refractivity contribution in [3.8, 4) is 0 Å². The van der Waals surface area contributed by atoms with E-state index in [9.17, 15) is 4.79 Å². The molecule has 1 aromatic rings. The molecule has 0 radical (unpaired) electrons. The summed E-state index contributed by atoms with van der Waals surface area (Å²) >= 11 is 0. The molecule has 0 saturated heterocycles. The predicted octanol–water partition coefficient (Wildman–Crippen LogP) is 0.325. The number of benzene rings is 1. The standard InChI is InChI=1S/C13H20N2O3/c1-18-9-12(6-7-16)15-13(17)8-10-2-4-11(14)5-3-10/h2-5,12,16H,6-9,14H2,1H3,(H,15,17). The van der Waals surface area contributed by atoms with Crippen LogP contribution >= 0.6 is 0 Å². The molecule has 0 saturated carbocycles. The van der Waals surface area contributed by atoms with Crippen molar-refractivity contribution in [3.05, 3.63) is 29.8 Å². The fourth-order valence-corrected chi connectivity index (χ4v) is 1.65. The first-order valence-corrected chi connectivity index (χ1v) is 5.89. The molecule has 4 N–H and O–H groups in total. The van der Waals surface area contributed by atoms with E-state index in [1.165, 1.54) is 0 Å². The van der Waals surface area contributed by atoms with Gasteiger partial charge in [0.25, 0.3) is 0 Å². The number of hydrogen-bond donors (Lipinski definition) is 3. The molecule has 0 spiro atoms. The minimum Gasteiger partial charge on any atom is -0.399 e. The number of hydrogen-bond acceptors (Lipinski definition) is 4. The van der Waals surface area contributed by atoms with Gasteiger partial charge in [0.15, 0.2) is 0 Å². The number of nitrogen functional groups attached to an aromatic ring is 1. The summed E-state index contributed by atoms with van der Waals surface area (Å²) in [7, 11) is 1.57. The largest absolute Gasteiger partial charge is 0.399 e. The molecular weight excluding hydrogens is 232 g/mol. The van der Waals surface area contributed by atoms with Crippen LogP contribution in [0, 0.1) is 0 Å². The molecule has 1 amide bonds. The van der Waals surface area contributed by atoms with Crippen LogP contribution in [0.25, 0.3) is 0 Å². The Morgan fingerprint density at radius 3 is 2.67 bits per heavy atom. The highest BCUT2D eigenvalue weighted by atomic mass is 16.5. The van der Waals surface area contributed by atoms with Gasteiger partial charge in [-0.15, -0.1) is 0 Å². The van der Waals surface area contributed by atoms with E-state index in [4.69, 9.17) is 15.6 Å². The molecule has 100 valence electrons. The Morgan fingerprint density at radius 1 is 1.44 bits per heavy atom. The molecule has 5 heteroatoms. The van der Waals surface area contributed by atoms with E-state index in [0.717, 1.165) is 5.56 Å². The van der Waals surface area contributed by atoms with E-state index in [0.29, 0.717) is 25.1 Å². The van der Waals surface area contributed by atoms with E-state index >= 15 is 0 Å². The van der Waals surface area contributed by atoms with E-state index in [1.54, 1.807) is 19.2 Å². The molecule has 1 unspecified atom stereocenters. The minimum atomic E-state index is -0.152. The number of aliphatic hydroxyl groups excluding tert-OH is 1. The van der Waals surface area contributed by atoms with E-state index in [-0.39, 0.29) is 18.6 Å². The van der Waals surface area contributed by atoms with Crippen molar-refractivity contribution >= 4 is 11.6 Å². The molecule has 0 aliphatic heterocycles. The lowest BCUT2D eigenvalue weighted by atomic mass is 10.1. The first-order valence-electron chi connectivity index (χ1n) is 5.89. The Bertz CT molecular complexity index is 359. The molecule has 0 heterocycles. The van der Waals surface area contributed by atoms with Crippen LogP contribution in [-0.2, 0) is 16.0 Å². The SMILES string of the molecule is COCC(CCO)NC(=O)Cc1ccc(N)cc1. The van der Waals surface area contributed by atoms with Gasteiger partial charge >= 0.3 is 0 Å². The number of aliphatic hydroxyl groups is 1. The van der Waals surface area contributed by atoms with Gasteiger partial charge in [0.05, 0.1) is 19.1 Å². The Kier molecular flexibility index (Phi) is 6.18. The van der Waals surface area contributed by atoms with Gasteiger partial charge in [0.1, 0.15) is 0 Å². The zero-order valence-electron chi connectivity index (χ0n) is 10.6. The maximum absolute atomic E-state index is 11.8. The number of nitrogens with two attached hydrogens (primary N) is 1. The van der Waals surface area contributed by atoms with Crippen LogP contribution in [0.1, 0.15) is 12.0 Å².